The van der Waals surface area contributed by atoms with E-state index in [4.69, 9.17) is 9.47 Å². The van der Waals surface area contributed by atoms with Crippen LogP contribution in [-0.2, 0) is 14.8 Å². The van der Waals surface area contributed by atoms with E-state index in [1.54, 1.807) is 18.7 Å². The van der Waals surface area contributed by atoms with E-state index >= 15 is 0 Å². The molecule has 0 spiro atoms. The minimum absolute atomic E-state index is 0.124. The fourth-order valence-corrected chi connectivity index (χ4v) is 5.74. The van der Waals surface area contributed by atoms with E-state index in [1.165, 1.54) is 16.8 Å². The summed E-state index contributed by atoms with van der Waals surface area (Å²) in [6.07, 6.45) is 0.510. The van der Waals surface area contributed by atoms with Gasteiger partial charge in [-0.1, -0.05) is 19.1 Å². The molecule has 1 aliphatic heterocycles. The molecule has 0 bridgehead atoms. The molecule has 214 valence electrons. The fourth-order valence-electron chi connectivity index (χ4n) is 4.27. The predicted molar refractivity (Wildman–Crippen MR) is 148 cm³/mol. The molecule has 1 fully saturated rings. The number of rotatable bonds is 9. The molecule has 1 saturated heterocycles. The third-order valence-corrected chi connectivity index (χ3v) is 8.59. The van der Waals surface area contributed by atoms with Crippen molar-refractivity contribution in [3.63, 3.8) is 0 Å². The summed E-state index contributed by atoms with van der Waals surface area (Å²) in [6, 6.07) is 8.57. The average molecular weight is 572 g/mol. The first-order chi connectivity index (χ1) is 18.9. The highest BCUT2D eigenvalue weighted by Gasteiger charge is 2.30. The summed E-state index contributed by atoms with van der Waals surface area (Å²) in [4.78, 5) is 25.6. The van der Waals surface area contributed by atoms with Crippen molar-refractivity contribution in [2.45, 2.75) is 52.0 Å². The van der Waals surface area contributed by atoms with Gasteiger partial charge in [0.15, 0.2) is 5.69 Å². The van der Waals surface area contributed by atoms with Crippen LogP contribution in [0.4, 0.5) is 5.69 Å². The van der Waals surface area contributed by atoms with Crippen LogP contribution in [0.25, 0.3) is 5.69 Å². The number of nitro groups is 1. The monoisotopic (exact) mass is 571 g/mol. The second-order valence-electron chi connectivity index (χ2n) is 9.73. The van der Waals surface area contributed by atoms with Crippen LogP contribution in [0.2, 0.25) is 0 Å². The summed E-state index contributed by atoms with van der Waals surface area (Å²) in [5.41, 5.74) is 2.66. The van der Waals surface area contributed by atoms with Gasteiger partial charge < -0.3 is 14.4 Å². The molecule has 12 nitrogen and oxygen atoms in total. The maximum absolute atomic E-state index is 13.5. The molecule has 1 amide bonds. The van der Waals surface area contributed by atoms with Gasteiger partial charge in [-0.3, -0.25) is 14.9 Å². The molecule has 1 aromatic heterocycles. The Morgan fingerprint density at radius 3 is 2.52 bits per heavy atom. The van der Waals surface area contributed by atoms with E-state index < -0.39 is 31.6 Å². The number of nitro benzene ring substituents is 1. The number of non-ortho nitro benzene ring substituents is 1. The van der Waals surface area contributed by atoms with Gasteiger partial charge in [-0.15, -0.1) is 0 Å². The standard InChI is InChI=1S/C27H33N5O7S/c1-6-18(3)29-40(36,37)24-16-21(32(34)35)10-11-23(24)39-27-20(5)25(26(33)30-12-14-38-15-13-30)28-31(27)22-9-7-8-17(2)19(22)4/h7-11,16,18,29H,6,12-15H2,1-5H3/t18-/m1/s1. The van der Waals surface area contributed by atoms with E-state index in [2.05, 4.69) is 9.82 Å². The van der Waals surface area contributed by atoms with Crippen LogP contribution < -0.4 is 9.46 Å². The highest BCUT2D eigenvalue weighted by molar-refractivity contribution is 7.89. The predicted octanol–water partition coefficient (Wildman–Crippen LogP) is 4.05. The minimum Gasteiger partial charge on any atom is -0.437 e. The van der Waals surface area contributed by atoms with Crippen LogP contribution in [0, 0.1) is 30.9 Å². The van der Waals surface area contributed by atoms with Crippen molar-refractivity contribution >= 4 is 21.6 Å². The van der Waals surface area contributed by atoms with Crippen molar-refractivity contribution in [2.75, 3.05) is 26.3 Å². The summed E-state index contributed by atoms with van der Waals surface area (Å²) in [6.45, 7) is 10.7. The number of hydrogen-bond acceptors (Lipinski definition) is 8. The average Bonchev–Trinajstić information content (AvgIpc) is 3.25. The topological polar surface area (TPSA) is 146 Å². The molecule has 4 rings (SSSR count). The Balaban J connectivity index is 1.89. The number of aromatic nitrogens is 2. The maximum atomic E-state index is 13.5. The van der Waals surface area contributed by atoms with E-state index in [1.807, 2.05) is 39.0 Å². The quantitative estimate of drug-likeness (QED) is 0.299. The molecular formula is C27H33N5O7S. The Kier molecular flexibility index (Phi) is 8.57. The summed E-state index contributed by atoms with van der Waals surface area (Å²) in [5, 5.41) is 16.1. The number of aryl methyl sites for hydroxylation is 1. The third-order valence-electron chi connectivity index (χ3n) is 6.98. The minimum atomic E-state index is -4.21. The highest BCUT2D eigenvalue weighted by atomic mass is 32.2. The van der Waals surface area contributed by atoms with Gasteiger partial charge in [0, 0.05) is 36.8 Å². The molecule has 0 aliphatic carbocycles. The van der Waals surface area contributed by atoms with Crippen LogP contribution in [0.15, 0.2) is 41.3 Å². The fraction of sp³-hybridized carbons (Fsp3) is 0.407. The molecule has 0 saturated carbocycles. The van der Waals surface area contributed by atoms with Gasteiger partial charge in [-0.2, -0.15) is 9.78 Å². The molecule has 0 radical (unpaired) electrons. The first-order valence-electron chi connectivity index (χ1n) is 13.0. The summed E-state index contributed by atoms with van der Waals surface area (Å²) in [5.74, 6) is -0.315. The van der Waals surface area contributed by atoms with E-state index in [0.29, 0.717) is 44.0 Å². The third kappa shape index (κ3) is 5.86. The van der Waals surface area contributed by atoms with E-state index in [9.17, 15) is 23.3 Å². The maximum Gasteiger partial charge on any atom is 0.274 e. The molecule has 2 aromatic carbocycles. The summed E-state index contributed by atoms with van der Waals surface area (Å²) in [7, 11) is -4.21. The second kappa shape index (κ2) is 11.7. The van der Waals surface area contributed by atoms with Gasteiger partial charge in [-0.05, 0) is 57.4 Å². The molecule has 13 heteroatoms. The first kappa shape index (κ1) is 29.2. The van der Waals surface area contributed by atoms with Crippen LogP contribution in [0.1, 0.15) is 47.4 Å². The van der Waals surface area contributed by atoms with Crippen molar-refractivity contribution in [3.8, 4) is 17.3 Å². The highest BCUT2D eigenvalue weighted by Crippen LogP contribution is 2.37. The van der Waals surface area contributed by atoms with Crippen LogP contribution in [0.5, 0.6) is 11.6 Å². The number of nitrogens with zero attached hydrogens (tertiary/aromatic N) is 4. The number of amides is 1. The molecule has 2 heterocycles. The SMILES string of the molecule is CC[C@@H](C)NS(=O)(=O)c1cc([N+](=O)[O-])ccc1Oc1c(C)c(C(=O)N2CCOCC2)nn1-c1cccc(C)c1C. The summed E-state index contributed by atoms with van der Waals surface area (Å²) >= 11 is 0. The Morgan fingerprint density at radius 1 is 1.18 bits per heavy atom. The van der Waals surface area contributed by atoms with E-state index in [0.717, 1.165) is 17.2 Å². The molecule has 1 N–H and O–H groups in total. The van der Waals surface area contributed by atoms with Crippen molar-refractivity contribution < 1.29 is 27.6 Å². The number of morpholine rings is 1. The number of nitrogens with one attached hydrogen (secondary N) is 1. The lowest BCUT2D eigenvalue weighted by Crippen LogP contribution is -2.41. The van der Waals surface area contributed by atoms with Crippen LogP contribution in [0.3, 0.4) is 0 Å². The number of carbonyl (C=O) groups excluding carboxylic acids is 1. The number of sulfonamides is 1. The van der Waals surface area contributed by atoms with Gasteiger partial charge >= 0.3 is 0 Å². The van der Waals surface area contributed by atoms with E-state index in [-0.39, 0.29) is 23.2 Å². The molecule has 1 atom stereocenters. The van der Waals surface area contributed by atoms with Crippen LogP contribution >= 0.6 is 0 Å². The molecule has 40 heavy (non-hydrogen) atoms. The number of benzene rings is 2. The van der Waals surface area contributed by atoms with Crippen molar-refractivity contribution in [1.29, 1.82) is 0 Å². The zero-order valence-corrected chi connectivity index (χ0v) is 23.9. The molecule has 1 aliphatic rings. The largest absolute Gasteiger partial charge is 0.437 e. The molecule has 3 aromatic rings. The zero-order chi connectivity index (χ0) is 29.2. The normalized spacial score (nSPS) is 14.7. The van der Waals surface area contributed by atoms with Crippen molar-refractivity contribution in [3.05, 3.63) is 68.9 Å². The van der Waals surface area contributed by atoms with Gasteiger partial charge in [0.25, 0.3) is 11.6 Å². The molecule has 0 unspecified atom stereocenters. The van der Waals surface area contributed by atoms with Gasteiger partial charge in [-0.25, -0.2) is 13.1 Å². The second-order valence-corrected chi connectivity index (χ2v) is 11.4. The number of hydrogen-bond donors (Lipinski definition) is 1. The van der Waals surface area contributed by atoms with Crippen LogP contribution in [-0.4, -0.2) is 66.3 Å². The van der Waals surface area contributed by atoms with Gasteiger partial charge in [0.05, 0.1) is 23.8 Å². The van der Waals surface area contributed by atoms with Crippen molar-refractivity contribution in [1.82, 2.24) is 19.4 Å². The lowest BCUT2D eigenvalue weighted by atomic mass is 10.1. The van der Waals surface area contributed by atoms with Crippen molar-refractivity contribution in [2.24, 2.45) is 0 Å². The Hall–Kier alpha value is -3.81. The van der Waals surface area contributed by atoms with Gasteiger partial charge in [0.2, 0.25) is 15.9 Å². The van der Waals surface area contributed by atoms with Gasteiger partial charge in [0.1, 0.15) is 10.6 Å². The smallest absolute Gasteiger partial charge is 0.274 e. The number of carbonyl (C=O) groups is 1. The lowest BCUT2D eigenvalue weighted by Gasteiger charge is -2.26. The lowest BCUT2D eigenvalue weighted by molar-refractivity contribution is -0.385. The Bertz CT molecular complexity index is 1540. The number of ether oxygens (including phenoxy) is 2. The summed E-state index contributed by atoms with van der Waals surface area (Å²) < 4.78 is 42.3. The zero-order valence-electron chi connectivity index (χ0n) is 23.1. The molecular weight excluding hydrogens is 538 g/mol. The first-order valence-corrected chi connectivity index (χ1v) is 14.4. The Labute approximate surface area is 233 Å². The Morgan fingerprint density at radius 2 is 1.88 bits per heavy atom.